The predicted octanol–water partition coefficient (Wildman–Crippen LogP) is 3.09. The van der Waals surface area contributed by atoms with Crippen molar-refractivity contribution in [2.45, 2.75) is 65.8 Å². The van der Waals surface area contributed by atoms with Crippen molar-refractivity contribution in [2.24, 2.45) is 0 Å². The molecule has 0 radical (unpaired) electrons. The molecule has 0 bridgehead atoms. The molecule has 2 rings (SSSR count). The van der Waals surface area contributed by atoms with Crippen LogP contribution in [0.15, 0.2) is 10.5 Å². The first kappa shape index (κ1) is 16.5. The van der Waals surface area contributed by atoms with Crippen molar-refractivity contribution in [1.82, 2.24) is 10.2 Å². The fourth-order valence-corrected chi connectivity index (χ4v) is 3.38. The zero-order valence-electron chi connectivity index (χ0n) is 14.4. The van der Waals surface area contributed by atoms with Gasteiger partial charge in [-0.3, -0.25) is 4.90 Å². The summed E-state index contributed by atoms with van der Waals surface area (Å²) in [4.78, 5) is 2.43. The average Bonchev–Trinajstić information content (AvgIpc) is 2.62. The molecular weight excluding hydrogens is 264 g/mol. The van der Waals surface area contributed by atoms with Crippen LogP contribution in [-0.4, -0.2) is 35.7 Å². The minimum Gasteiger partial charge on any atom is -0.465 e. The fraction of sp³-hybridized carbons (Fsp3) is 0.765. The molecule has 4 heteroatoms. The number of hydrogen-bond acceptors (Lipinski definition) is 4. The average molecular weight is 294 g/mol. The highest BCUT2D eigenvalue weighted by molar-refractivity contribution is 5.20. The summed E-state index contributed by atoms with van der Waals surface area (Å²) in [6.07, 6.45) is 0. The van der Waals surface area contributed by atoms with E-state index in [1.165, 1.54) is 5.56 Å². The van der Waals surface area contributed by atoms with Gasteiger partial charge in [0.1, 0.15) is 11.5 Å². The second-order valence-electron chi connectivity index (χ2n) is 7.34. The number of rotatable bonds is 5. The van der Waals surface area contributed by atoms with Crippen LogP contribution >= 0.6 is 0 Å². The Hall–Kier alpha value is -0.840. The van der Waals surface area contributed by atoms with Gasteiger partial charge in [0.2, 0.25) is 0 Å². The zero-order chi connectivity index (χ0) is 15.7. The number of morpholine rings is 1. The summed E-state index contributed by atoms with van der Waals surface area (Å²) in [6.45, 7) is 17.4. The monoisotopic (exact) mass is 294 g/mol. The van der Waals surface area contributed by atoms with E-state index < -0.39 is 0 Å². The lowest BCUT2D eigenvalue weighted by molar-refractivity contribution is -0.182. The van der Waals surface area contributed by atoms with Crippen molar-refractivity contribution in [1.29, 1.82) is 0 Å². The lowest BCUT2D eigenvalue weighted by atomic mass is 9.99. The van der Waals surface area contributed by atoms with Gasteiger partial charge in [0.25, 0.3) is 0 Å². The molecule has 0 saturated carbocycles. The van der Waals surface area contributed by atoms with Gasteiger partial charge in [0.15, 0.2) is 0 Å². The number of furan rings is 1. The van der Waals surface area contributed by atoms with Crippen LogP contribution in [0.5, 0.6) is 0 Å². The van der Waals surface area contributed by atoms with E-state index in [1.54, 1.807) is 0 Å². The van der Waals surface area contributed by atoms with Gasteiger partial charge in [-0.2, -0.15) is 0 Å². The minimum atomic E-state index is -0.115. The zero-order valence-corrected chi connectivity index (χ0v) is 14.4. The van der Waals surface area contributed by atoms with Crippen LogP contribution in [0, 0.1) is 6.92 Å². The maximum Gasteiger partial charge on any atom is 0.118 e. The second-order valence-corrected chi connectivity index (χ2v) is 7.34. The minimum absolute atomic E-state index is 0.115. The molecular formula is C17H30N2O2. The van der Waals surface area contributed by atoms with Crippen molar-refractivity contribution in [3.05, 3.63) is 23.2 Å². The number of nitrogens with zero attached hydrogens (tertiary/aromatic N) is 1. The van der Waals surface area contributed by atoms with Gasteiger partial charge in [0.05, 0.1) is 17.7 Å². The third-order valence-corrected chi connectivity index (χ3v) is 3.78. The topological polar surface area (TPSA) is 37.6 Å². The molecule has 4 nitrogen and oxygen atoms in total. The Bertz CT molecular complexity index is 461. The SMILES string of the molecule is CCNCc1cc(CN2CC(C)(C)OC(C)(C)C2)oc1C. The number of aryl methyl sites for hydroxylation is 1. The molecule has 21 heavy (non-hydrogen) atoms. The smallest absolute Gasteiger partial charge is 0.118 e. The van der Waals surface area contributed by atoms with Crippen LogP contribution in [0.3, 0.4) is 0 Å². The molecule has 1 fully saturated rings. The van der Waals surface area contributed by atoms with E-state index >= 15 is 0 Å². The Morgan fingerprint density at radius 2 is 1.81 bits per heavy atom. The van der Waals surface area contributed by atoms with Crippen LogP contribution in [0.2, 0.25) is 0 Å². The number of nitrogens with one attached hydrogen (secondary N) is 1. The highest BCUT2D eigenvalue weighted by Crippen LogP contribution is 2.29. The van der Waals surface area contributed by atoms with E-state index in [1.807, 2.05) is 6.92 Å². The molecule has 0 amide bonds. The lowest BCUT2D eigenvalue weighted by Gasteiger charge is -2.47. The first-order chi connectivity index (χ1) is 9.71. The molecule has 1 aromatic rings. The predicted molar refractivity (Wildman–Crippen MR) is 85.3 cm³/mol. The summed E-state index contributed by atoms with van der Waals surface area (Å²) in [6, 6.07) is 2.19. The Morgan fingerprint density at radius 1 is 1.19 bits per heavy atom. The van der Waals surface area contributed by atoms with Crippen LogP contribution in [0.25, 0.3) is 0 Å². The normalized spacial score (nSPS) is 21.6. The number of ether oxygens (including phenoxy) is 1. The van der Waals surface area contributed by atoms with Gasteiger partial charge in [0, 0.05) is 25.2 Å². The van der Waals surface area contributed by atoms with Gasteiger partial charge >= 0.3 is 0 Å². The van der Waals surface area contributed by atoms with Crippen molar-refractivity contribution in [2.75, 3.05) is 19.6 Å². The lowest BCUT2D eigenvalue weighted by Crippen LogP contribution is -2.56. The highest BCUT2D eigenvalue weighted by atomic mass is 16.5. The van der Waals surface area contributed by atoms with Crippen molar-refractivity contribution >= 4 is 0 Å². The fourth-order valence-electron chi connectivity index (χ4n) is 3.38. The standard InChI is InChI=1S/C17H30N2O2/c1-7-18-9-14-8-15(20-13(14)2)10-19-11-16(3,4)21-17(5,6)12-19/h8,18H,7,9-12H2,1-6H3. The molecule has 1 saturated heterocycles. The Balaban J connectivity index is 2.04. The third kappa shape index (κ3) is 4.56. The molecule has 0 spiro atoms. The first-order valence-corrected chi connectivity index (χ1v) is 7.92. The van der Waals surface area contributed by atoms with Crippen LogP contribution in [0.1, 0.15) is 51.7 Å². The quantitative estimate of drug-likeness (QED) is 0.905. The van der Waals surface area contributed by atoms with Crippen molar-refractivity contribution in [3.8, 4) is 0 Å². The summed E-state index contributed by atoms with van der Waals surface area (Å²) in [7, 11) is 0. The van der Waals surface area contributed by atoms with Crippen molar-refractivity contribution < 1.29 is 9.15 Å². The van der Waals surface area contributed by atoms with E-state index in [4.69, 9.17) is 9.15 Å². The Labute approximate surface area is 128 Å². The second kappa shape index (κ2) is 6.11. The van der Waals surface area contributed by atoms with Gasteiger partial charge in [-0.25, -0.2) is 0 Å². The third-order valence-electron chi connectivity index (χ3n) is 3.78. The summed E-state index contributed by atoms with van der Waals surface area (Å²) in [5, 5.41) is 3.35. The maximum absolute atomic E-state index is 6.13. The summed E-state index contributed by atoms with van der Waals surface area (Å²) in [5.74, 6) is 2.08. The summed E-state index contributed by atoms with van der Waals surface area (Å²) in [5.41, 5.74) is 1.03. The molecule has 0 atom stereocenters. The molecule has 120 valence electrons. The first-order valence-electron chi connectivity index (χ1n) is 7.92. The molecule has 1 aliphatic heterocycles. The maximum atomic E-state index is 6.13. The Morgan fingerprint density at radius 3 is 2.38 bits per heavy atom. The molecule has 1 aromatic heterocycles. The summed E-state index contributed by atoms with van der Waals surface area (Å²) >= 11 is 0. The van der Waals surface area contributed by atoms with Crippen LogP contribution in [-0.2, 0) is 17.8 Å². The van der Waals surface area contributed by atoms with E-state index in [0.29, 0.717) is 0 Å². The molecule has 1 N–H and O–H groups in total. The molecule has 0 unspecified atom stereocenters. The van der Waals surface area contributed by atoms with Crippen molar-refractivity contribution in [3.63, 3.8) is 0 Å². The van der Waals surface area contributed by atoms with Gasteiger partial charge in [-0.15, -0.1) is 0 Å². The highest BCUT2D eigenvalue weighted by Gasteiger charge is 2.38. The van der Waals surface area contributed by atoms with Crippen LogP contribution in [0.4, 0.5) is 0 Å². The Kier molecular flexibility index (Phi) is 4.81. The molecule has 2 heterocycles. The molecule has 0 aliphatic carbocycles. The van der Waals surface area contributed by atoms with Gasteiger partial charge in [-0.1, -0.05) is 6.92 Å². The molecule has 1 aliphatic rings. The van der Waals surface area contributed by atoms with Gasteiger partial charge < -0.3 is 14.5 Å². The van der Waals surface area contributed by atoms with Gasteiger partial charge in [-0.05, 0) is 47.2 Å². The van der Waals surface area contributed by atoms with E-state index in [-0.39, 0.29) is 11.2 Å². The molecule has 0 aromatic carbocycles. The van der Waals surface area contributed by atoms with E-state index in [0.717, 1.165) is 44.2 Å². The largest absolute Gasteiger partial charge is 0.465 e. The summed E-state index contributed by atoms with van der Waals surface area (Å²) < 4.78 is 12.1. The van der Waals surface area contributed by atoms with E-state index in [2.05, 4.69) is 50.9 Å². The van der Waals surface area contributed by atoms with E-state index in [9.17, 15) is 0 Å². The van der Waals surface area contributed by atoms with Crippen LogP contribution < -0.4 is 5.32 Å². The number of hydrogen-bond donors (Lipinski definition) is 1.